The van der Waals surface area contributed by atoms with Gasteiger partial charge in [-0.05, 0) is 54.9 Å². The largest absolute Gasteiger partial charge is 0.417 e. The fourth-order valence-electron chi connectivity index (χ4n) is 4.50. The Hall–Kier alpha value is -4.40. The summed E-state index contributed by atoms with van der Waals surface area (Å²) in [6.07, 6.45) is -7.14. The number of anilines is 1. The second kappa shape index (κ2) is 11.5. The van der Waals surface area contributed by atoms with Gasteiger partial charge in [-0.2, -0.15) is 26.3 Å². The number of nitrogens with zero attached hydrogens (tertiary/aromatic N) is 5. The molecule has 1 fully saturated rings. The average molecular weight is 594 g/mol. The number of alkyl halides is 6. The zero-order chi connectivity index (χ0) is 30.1. The summed E-state index contributed by atoms with van der Waals surface area (Å²) in [5.74, 6) is -1.51. The summed E-state index contributed by atoms with van der Waals surface area (Å²) in [6, 6.07) is 5.54. The molecule has 15 heteroatoms. The van der Waals surface area contributed by atoms with Crippen molar-refractivity contribution in [3.63, 3.8) is 0 Å². The zero-order valence-electron chi connectivity index (χ0n) is 21.5. The molecule has 1 saturated heterocycles. The number of halogens is 7. The topological polar surface area (TPSA) is 97.0 Å². The molecule has 42 heavy (non-hydrogen) atoms. The highest BCUT2D eigenvalue weighted by atomic mass is 19.4. The van der Waals surface area contributed by atoms with Gasteiger partial charge in [0.05, 0.1) is 29.4 Å². The van der Waals surface area contributed by atoms with Crippen molar-refractivity contribution in [2.45, 2.75) is 37.7 Å². The number of carbonyl (C=O) groups is 1. The standard InChI is InChI=1S/C27H21F7N6O2/c28-18-3-5-19(6-4-18)40(24(41)9-15-1-2-17(26(29,30)31)10-20(15)27(32,33)34)14-23-38-39-25(42-23)22-13-36-21(12-37-22)16-7-8-35-11-16/h1-6,10,12-13,16,35H,7-9,11,14H2. The van der Waals surface area contributed by atoms with E-state index in [4.69, 9.17) is 4.42 Å². The second-order valence-electron chi connectivity index (χ2n) is 9.52. The normalized spacial score (nSPS) is 15.6. The Labute approximate surface area is 233 Å². The number of carbonyl (C=O) groups excluding carboxylic acids is 1. The molecule has 3 heterocycles. The summed E-state index contributed by atoms with van der Waals surface area (Å²) >= 11 is 0. The highest BCUT2D eigenvalue weighted by molar-refractivity contribution is 5.94. The Morgan fingerprint density at radius 2 is 1.74 bits per heavy atom. The average Bonchev–Trinajstić information content (AvgIpc) is 3.64. The van der Waals surface area contributed by atoms with Crippen molar-refractivity contribution in [1.82, 2.24) is 25.5 Å². The molecule has 2 aromatic carbocycles. The molecule has 8 nitrogen and oxygen atoms in total. The number of nitrogens with one attached hydrogen (secondary N) is 1. The first kappa shape index (κ1) is 29.1. The van der Waals surface area contributed by atoms with Crippen LogP contribution < -0.4 is 10.2 Å². The molecule has 0 bridgehead atoms. The van der Waals surface area contributed by atoms with E-state index in [9.17, 15) is 35.5 Å². The number of hydrogen-bond donors (Lipinski definition) is 1. The van der Waals surface area contributed by atoms with Crippen molar-refractivity contribution in [3.05, 3.63) is 89.0 Å². The first-order valence-corrected chi connectivity index (χ1v) is 12.6. The van der Waals surface area contributed by atoms with E-state index in [1.807, 2.05) is 0 Å². The van der Waals surface area contributed by atoms with Crippen molar-refractivity contribution < 1.29 is 39.9 Å². The molecule has 0 saturated carbocycles. The highest BCUT2D eigenvalue weighted by Crippen LogP contribution is 2.38. The van der Waals surface area contributed by atoms with E-state index in [-0.39, 0.29) is 35.1 Å². The fourth-order valence-corrected chi connectivity index (χ4v) is 4.50. The molecule has 220 valence electrons. The van der Waals surface area contributed by atoms with Crippen molar-refractivity contribution in [2.75, 3.05) is 18.0 Å². The van der Waals surface area contributed by atoms with Gasteiger partial charge >= 0.3 is 12.4 Å². The lowest BCUT2D eigenvalue weighted by Crippen LogP contribution is -2.32. The van der Waals surface area contributed by atoms with Gasteiger partial charge in [-0.1, -0.05) is 6.07 Å². The summed E-state index contributed by atoms with van der Waals surface area (Å²) < 4.78 is 99.5. The third-order valence-electron chi connectivity index (χ3n) is 6.65. The molecule has 2 aromatic heterocycles. The fraction of sp³-hybridized carbons (Fsp3) is 0.296. The zero-order valence-corrected chi connectivity index (χ0v) is 21.5. The molecule has 1 atom stereocenters. The molecule has 1 unspecified atom stereocenters. The van der Waals surface area contributed by atoms with Gasteiger partial charge in [-0.3, -0.25) is 9.78 Å². The molecule has 1 aliphatic rings. The third-order valence-corrected chi connectivity index (χ3v) is 6.65. The van der Waals surface area contributed by atoms with Crippen LogP contribution in [0.25, 0.3) is 11.6 Å². The van der Waals surface area contributed by atoms with Crippen LogP contribution in [0.1, 0.15) is 40.6 Å². The van der Waals surface area contributed by atoms with E-state index in [1.54, 1.807) is 6.20 Å². The number of hydrogen-bond acceptors (Lipinski definition) is 7. The molecule has 0 aliphatic carbocycles. The Balaban J connectivity index is 1.40. The van der Waals surface area contributed by atoms with Crippen LogP contribution in [-0.4, -0.2) is 39.2 Å². The van der Waals surface area contributed by atoms with Gasteiger partial charge in [-0.15, -0.1) is 10.2 Å². The third kappa shape index (κ3) is 6.56. The van der Waals surface area contributed by atoms with Crippen LogP contribution >= 0.6 is 0 Å². The van der Waals surface area contributed by atoms with Crippen molar-refractivity contribution >= 4 is 11.6 Å². The van der Waals surface area contributed by atoms with Crippen LogP contribution in [0.15, 0.2) is 59.3 Å². The summed E-state index contributed by atoms with van der Waals surface area (Å²) in [4.78, 5) is 23.0. The molecular formula is C27H21F7N6O2. The summed E-state index contributed by atoms with van der Waals surface area (Å²) in [5.41, 5.74) is -2.65. The lowest BCUT2D eigenvalue weighted by Gasteiger charge is -2.23. The van der Waals surface area contributed by atoms with Gasteiger partial charge < -0.3 is 14.6 Å². The molecular weight excluding hydrogens is 573 g/mol. The molecule has 0 spiro atoms. The van der Waals surface area contributed by atoms with Crippen LogP contribution in [0.2, 0.25) is 0 Å². The predicted octanol–water partition coefficient (Wildman–Crippen LogP) is 5.56. The Kier molecular flexibility index (Phi) is 7.95. The maximum absolute atomic E-state index is 13.7. The molecule has 0 radical (unpaired) electrons. The molecule has 4 aromatic rings. The van der Waals surface area contributed by atoms with E-state index >= 15 is 0 Å². The van der Waals surface area contributed by atoms with Gasteiger partial charge in [0.1, 0.15) is 18.1 Å². The number of aromatic nitrogens is 4. The van der Waals surface area contributed by atoms with E-state index in [2.05, 4.69) is 25.5 Å². The van der Waals surface area contributed by atoms with Gasteiger partial charge in [0.25, 0.3) is 5.89 Å². The van der Waals surface area contributed by atoms with E-state index in [0.717, 1.165) is 42.2 Å². The highest BCUT2D eigenvalue weighted by Gasteiger charge is 2.38. The minimum absolute atomic E-state index is 0.0257. The van der Waals surface area contributed by atoms with Crippen LogP contribution in [0.4, 0.5) is 36.4 Å². The maximum atomic E-state index is 13.7. The second-order valence-corrected chi connectivity index (χ2v) is 9.52. The first-order valence-electron chi connectivity index (χ1n) is 12.6. The molecule has 5 rings (SSSR count). The summed E-state index contributed by atoms with van der Waals surface area (Å²) in [7, 11) is 0. The number of amides is 1. The Bertz CT molecular complexity index is 1550. The summed E-state index contributed by atoms with van der Waals surface area (Å²) in [5, 5.41) is 11.0. The minimum Gasteiger partial charge on any atom is -0.417 e. The monoisotopic (exact) mass is 594 g/mol. The summed E-state index contributed by atoms with van der Waals surface area (Å²) in [6.45, 7) is 1.22. The smallest absolute Gasteiger partial charge is 0.416 e. The maximum Gasteiger partial charge on any atom is 0.416 e. The van der Waals surface area contributed by atoms with Crippen molar-refractivity contribution in [2.24, 2.45) is 0 Å². The van der Waals surface area contributed by atoms with Crippen LogP contribution in [0.5, 0.6) is 0 Å². The quantitative estimate of drug-likeness (QED) is 0.280. The van der Waals surface area contributed by atoms with E-state index in [0.29, 0.717) is 12.1 Å². The van der Waals surface area contributed by atoms with Crippen LogP contribution in [0, 0.1) is 5.82 Å². The Morgan fingerprint density at radius 3 is 2.36 bits per heavy atom. The molecule has 1 N–H and O–H groups in total. The van der Waals surface area contributed by atoms with Crippen LogP contribution in [0.3, 0.4) is 0 Å². The number of rotatable bonds is 7. The van der Waals surface area contributed by atoms with Gasteiger partial charge in [0, 0.05) is 24.3 Å². The van der Waals surface area contributed by atoms with Gasteiger partial charge in [-0.25, -0.2) is 9.37 Å². The molecule has 1 aliphatic heterocycles. The van der Waals surface area contributed by atoms with Gasteiger partial charge in [0.2, 0.25) is 11.8 Å². The lowest BCUT2D eigenvalue weighted by molar-refractivity contribution is -0.143. The lowest BCUT2D eigenvalue weighted by atomic mass is 10.00. The first-order chi connectivity index (χ1) is 19.9. The van der Waals surface area contributed by atoms with E-state index in [1.165, 1.54) is 18.3 Å². The number of benzene rings is 2. The Morgan fingerprint density at radius 1 is 0.976 bits per heavy atom. The van der Waals surface area contributed by atoms with Crippen molar-refractivity contribution in [1.29, 1.82) is 0 Å². The molecule has 1 amide bonds. The van der Waals surface area contributed by atoms with Gasteiger partial charge in [0.15, 0.2) is 0 Å². The predicted molar refractivity (Wildman–Crippen MR) is 133 cm³/mol. The van der Waals surface area contributed by atoms with Crippen LogP contribution in [-0.2, 0) is 30.1 Å². The van der Waals surface area contributed by atoms with Crippen molar-refractivity contribution in [3.8, 4) is 11.6 Å². The SMILES string of the molecule is O=C(Cc1ccc(C(F)(F)F)cc1C(F)(F)F)N(Cc1nnc(-c2cnc(C3CCNC3)cn2)o1)c1ccc(F)cc1. The van der Waals surface area contributed by atoms with E-state index < -0.39 is 53.7 Å². The minimum atomic E-state index is -5.16.